The maximum Gasteiger partial charge on any atom is 0.303 e. The number of fused-ring (bicyclic) bond motifs is 3. The van der Waals surface area contributed by atoms with Gasteiger partial charge in [-0.3, -0.25) is 9.59 Å². The molecule has 6 heteroatoms. The SMILES string of the molecule is O=C(O)CCC/C=C/CC1C2CCC(C2)C1NC(=O)c1csc2ccc(O)cc12. The van der Waals surface area contributed by atoms with Crippen molar-refractivity contribution in [3.8, 4) is 5.75 Å². The van der Waals surface area contributed by atoms with Gasteiger partial charge in [0, 0.05) is 27.9 Å². The van der Waals surface area contributed by atoms with Gasteiger partial charge >= 0.3 is 5.97 Å². The summed E-state index contributed by atoms with van der Waals surface area (Å²) in [5.74, 6) is 1.05. The number of unbranched alkanes of at least 4 members (excludes halogenated alkanes) is 1. The monoisotopic (exact) mass is 413 g/mol. The Bertz CT molecular complexity index is 934. The number of thiophene rings is 1. The molecule has 2 bridgehead atoms. The molecule has 29 heavy (non-hydrogen) atoms. The third kappa shape index (κ3) is 4.32. The maximum absolute atomic E-state index is 13.0. The van der Waals surface area contributed by atoms with Crippen LogP contribution in [0.4, 0.5) is 0 Å². The summed E-state index contributed by atoms with van der Waals surface area (Å²) >= 11 is 1.52. The number of rotatable bonds is 8. The highest BCUT2D eigenvalue weighted by Crippen LogP contribution is 2.50. The van der Waals surface area contributed by atoms with Crippen molar-refractivity contribution in [1.82, 2.24) is 5.32 Å². The first-order valence-electron chi connectivity index (χ1n) is 10.4. The van der Waals surface area contributed by atoms with Crippen molar-refractivity contribution in [1.29, 1.82) is 0 Å². The van der Waals surface area contributed by atoms with Crippen LogP contribution in [0.25, 0.3) is 10.1 Å². The Morgan fingerprint density at radius 1 is 1.21 bits per heavy atom. The first-order valence-corrected chi connectivity index (χ1v) is 11.3. The second-order valence-corrected chi connectivity index (χ2v) is 9.23. The Kier molecular flexibility index (Phi) is 5.90. The van der Waals surface area contributed by atoms with Gasteiger partial charge in [0.05, 0.1) is 5.56 Å². The average molecular weight is 414 g/mol. The number of nitrogens with one attached hydrogen (secondary N) is 1. The Morgan fingerprint density at radius 2 is 2.03 bits per heavy atom. The molecule has 2 fully saturated rings. The van der Waals surface area contributed by atoms with Crippen molar-refractivity contribution in [3.63, 3.8) is 0 Å². The highest BCUT2D eigenvalue weighted by Gasteiger charge is 2.47. The van der Waals surface area contributed by atoms with Gasteiger partial charge in [0.25, 0.3) is 5.91 Å². The number of phenols is 1. The second kappa shape index (κ2) is 8.57. The molecule has 0 radical (unpaired) electrons. The molecule has 0 saturated heterocycles. The molecular formula is C23H27NO4S. The van der Waals surface area contributed by atoms with Crippen molar-refractivity contribution in [3.05, 3.63) is 41.3 Å². The number of carboxylic acids is 1. The van der Waals surface area contributed by atoms with Crippen LogP contribution in [-0.2, 0) is 4.79 Å². The maximum atomic E-state index is 13.0. The summed E-state index contributed by atoms with van der Waals surface area (Å²) in [7, 11) is 0. The van der Waals surface area contributed by atoms with Crippen molar-refractivity contribution < 1.29 is 19.8 Å². The Hall–Kier alpha value is -2.34. The highest BCUT2D eigenvalue weighted by atomic mass is 32.1. The van der Waals surface area contributed by atoms with Crippen LogP contribution in [0.5, 0.6) is 5.75 Å². The minimum Gasteiger partial charge on any atom is -0.508 e. The number of amides is 1. The quantitative estimate of drug-likeness (QED) is 0.422. The van der Waals surface area contributed by atoms with Crippen LogP contribution >= 0.6 is 11.3 Å². The summed E-state index contributed by atoms with van der Waals surface area (Å²) in [4.78, 5) is 23.6. The molecule has 1 amide bonds. The number of aromatic hydroxyl groups is 1. The lowest BCUT2D eigenvalue weighted by Crippen LogP contribution is -2.43. The van der Waals surface area contributed by atoms with E-state index in [2.05, 4.69) is 17.5 Å². The van der Waals surface area contributed by atoms with E-state index < -0.39 is 5.97 Å². The van der Waals surface area contributed by atoms with E-state index in [1.165, 1.54) is 30.6 Å². The fraction of sp³-hybridized carbons (Fsp3) is 0.478. The van der Waals surface area contributed by atoms with Crippen LogP contribution in [0.15, 0.2) is 35.7 Å². The highest BCUT2D eigenvalue weighted by molar-refractivity contribution is 7.17. The summed E-state index contributed by atoms with van der Waals surface area (Å²) in [6.07, 6.45) is 10.5. The Labute approximate surface area is 174 Å². The van der Waals surface area contributed by atoms with Crippen LogP contribution in [0.1, 0.15) is 55.3 Å². The van der Waals surface area contributed by atoms with Gasteiger partial charge in [-0.05, 0) is 74.5 Å². The van der Waals surface area contributed by atoms with Gasteiger partial charge < -0.3 is 15.5 Å². The standard InChI is InChI=1S/C23H27NO4S/c25-16-9-10-20-18(12-16)19(13-29-20)23(28)24-22-15-8-7-14(11-15)17(22)5-3-1-2-4-6-21(26)27/h1,3,9-10,12-15,17,22,25H,2,4-8,11H2,(H,24,28)(H,26,27)/b3-1+. The van der Waals surface area contributed by atoms with E-state index >= 15 is 0 Å². The van der Waals surface area contributed by atoms with Crippen molar-refractivity contribution in [2.24, 2.45) is 17.8 Å². The number of carbonyl (C=O) groups is 2. The normalized spacial score (nSPS) is 25.8. The fourth-order valence-electron chi connectivity index (χ4n) is 5.14. The van der Waals surface area contributed by atoms with Crippen molar-refractivity contribution in [2.75, 3.05) is 0 Å². The molecule has 0 spiro atoms. The zero-order chi connectivity index (χ0) is 20.4. The lowest BCUT2D eigenvalue weighted by Gasteiger charge is -2.31. The molecule has 4 atom stereocenters. The molecule has 154 valence electrons. The van der Waals surface area contributed by atoms with Gasteiger partial charge in [-0.1, -0.05) is 12.2 Å². The average Bonchev–Trinajstić information content (AvgIpc) is 3.39. The summed E-state index contributed by atoms with van der Waals surface area (Å²) in [5.41, 5.74) is 0.645. The molecule has 2 aromatic rings. The summed E-state index contributed by atoms with van der Waals surface area (Å²) in [6, 6.07) is 5.35. The first-order chi connectivity index (χ1) is 14.0. The lowest BCUT2D eigenvalue weighted by molar-refractivity contribution is -0.137. The van der Waals surface area contributed by atoms with Gasteiger partial charge in [-0.2, -0.15) is 0 Å². The molecule has 1 heterocycles. The molecule has 2 saturated carbocycles. The van der Waals surface area contributed by atoms with Crippen molar-refractivity contribution in [2.45, 2.75) is 51.0 Å². The Morgan fingerprint density at radius 3 is 2.86 bits per heavy atom. The van der Waals surface area contributed by atoms with Crippen LogP contribution in [-0.4, -0.2) is 28.1 Å². The molecule has 5 nitrogen and oxygen atoms in total. The lowest BCUT2D eigenvalue weighted by atomic mass is 9.82. The number of allylic oxidation sites excluding steroid dienone is 2. The number of phenolic OH excluding ortho intramolecular Hbond substituents is 1. The summed E-state index contributed by atoms with van der Waals surface area (Å²) in [6.45, 7) is 0. The van der Waals surface area contributed by atoms with Crippen LogP contribution < -0.4 is 5.32 Å². The molecule has 2 aliphatic carbocycles. The molecule has 4 rings (SSSR count). The molecular weight excluding hydrogens is 386 g/mol. The molecule has 0 aliphatic heterocycles. The molecule has 1 aromatic heterocycles. The van der Waals surface area contributed by atoms with Gasteiger partial charge in [0.1, 0.15) is 5.75 Å². The zero-order valence-corrected chi connectivity index (χ0v) is 17.2. The molecule has 2 aliphatic rings. The number of carbonyl (C=O) groups excluding carboxylic acids is 1. The van der Waals surface area contributed by atoms with E-state index in [4.69, 9.17) is 5.11 Å². The van der Waals surface area contributed by atoms with Gasteiger partial charge in [0.2, 0.25) is 0 Å². The number of benzene rings is 1. The number of hydrogen-bond donors (Lipinski definition) is 3. The minimum atomic E-state index is -0.747. The zero-order valence-electron chi connectivity index (χ0n) is 16.3. The van der Waals surface area contributed by atoms with Gasteiger partial charge in [0.15, 0.2) is 0 Å². The van der Waals surface area contributed by atoms with Crippen molar-refractivity contribution >= 4 is 33.3 Å². The number of hydrogen-bond acceptors (Lipinski definition) is 4. The Balaban J connectivity index is 1.41. The summed E-state index contributed by atoms with van der Waals surface area (Å²) in [5, 5.41) is 24.5. The predicted octanol–water partition coefficient (Wildman–Crippen LogP) is 4.95. The van der Waals surface area contributed by atoms with E-state index in [1.807, 2.05) is 11.4 Å². The summed E-state index contributed by atoms with van der Waals surface area (Å²) < 4.78 is 1.00. The fourth-order valence-corrected chi connectivity index (χ4v) is 6.06. The molecule has 4 unspecified atom stereocenters. The third-order valence-corrected chi connectivity index (χ3v) is 7.49. The number of aliphatic carboxylic acids is 1. The van der Waals surface area contributed by atoms with Gasteiger partial charge in [-0.15, -0.1) is 11.3 Å². The van der Waals surface area contributed by atoms with E-state index in [0.717, 1.165) is 22.9 Å². The second-order valence-electron chi connectivity index (χ2n) is 8.32. The molecule has 1 aromatic carbocycles. The van der Waals surface area contributed by atoms with Gasteiger partial charge in [-0.25, -0.2) is 0 Å². The van der Waals surface area contributed by atoms with E-state index in [-0.39, 0.29) is 24.1 Å². The molecule has 3 N–H and O–H groups in total. The van der Waals surface area contributed by atoms with Crippen LogP contribution in [0, 0.1) is 17.8 Å². The minimum absolute atomic E-state index is 0.0464. The van der Waals surface area contributed by atoms with E-state index in [0.29, 0.717) is 29.7 Å². The van der Waals surface area contributed by atoms with E-state index in [1.54, 1.807) is 12.1 Å². The first kappa shape index (κ1) is 20.0. The van der Waals surface area contributed by atoms with E-state index in [9.17, 15) is 14.7 Å². The largest absolute Gasteiger partial charge is 0.508 e. The van der Waals surface area contributed by atoms with Crippen LogP contribution in [0.2, 0.25) is 0 Å². The smallest absolute Gasteiger partial charge is 0.303 e. The predicted molar refractivity (Wildman–Crippen MR) is 114 cm³/mol. The van der Waals surface area contributed by atoms with Crippen LogP contribution in [0.3, 0.4) is 0 Å². The number of carboxylic acid groups (broad SMARTS) is 1. The third-order valence-electron chi connectivity index (χ3n) is 6.52. The topological polar surface area (TPSA) is 86.6 Å².